The van der Waals surface area contributed by atoms with Crippen LogP contribution in [0.5, 0.6) is 5.75 Å². The second-order valence-corrected chi connectivity index (χ2v) is 9.89. The first-order chi connectivity index (χ1) is 15.1. The fourth-order valence-corrected chi connectivity index (χ4v) is 5.87. The van der Waals surface area contributed by atoms with E-state index in [1.54, 1.807) is 7.11 Å². The average molecular weight is 530 g/mol. The van der Waals surface area contributed by atoms with Crippen molar-refractivity contribution in [3.05, 3.63) is 40.5 Å². The quantitative estimate of drug-likeness (QED) is 0.320. The summed E-state index contributed by atoms with van der Waals surface area (Å²) in [7, 11) is 1.65. The monoisotopic (exact) mass is 530 g/mol. The Kier molecular flexibility index (Phi) is 4.52. The summed E-state index contributed by atoms with van der Waals surface area (Å²) in [5, 5.41) is 1.74. The van der Waals surface area contributed by atoms with Crippen LogP contribution in [0, 0.1) is 0 Å². The van der Waals surface area contributed by atoms with Gasteiger partial charge in [0.15, 0.2) is 0 Å². The molecule has 1 aliphatic carbocycles. The van der Waals surface area contributed by atoms with Crippen LogP contribution in [0.4, 0.5) is 0 Å². The minimum atomic E-state index is -0.177. The van der Waals surface area contributed by atoms with Gasteiger partial charge in [-0.3, -0.25) is 19.4 Å². The molecule has 1 N–H and O–H groups in total. The van der Waals surface area contributed by atoms with Gasteiger partial charge in [0, 0.05) is 54.4 Å². The fourth-order valence-electron chi connectivity index (χ4n) is 5.44. The summed E-state index contributed by atoms with van der Waals surface area (Å²) in [5.41, 5.74) is 5.37. The molecule has 3 aliphatic rings. The van der Waals surface area contributed by atoms with Crippen molar-refractivity contribution < 1.29 is 14.3 Å². The Labute approximate surface area is 193 Å². The minimum absolute atomic E-state index is 0.138. The molecule has 7 nitrogen and oxygen atoms in total. The predicted molar refractivity (Wildman–Crippen MR) is 127 cm³/mol. The number of imide groups is 1. The van der Waals surface area contributed by atoms with Crippen molar-refractivity contribution in [2.75, 3.05) is 40.0 Å². The van der Waals surface area contributed by atoms with E-state index in [2.05, 4.69) is 35.9 Å². The van der Waals surface area contributed by atoms with Crippen molar-refractivity contribution in [1.29, 1.82) is 0 Å². The number of carbonyl (C=O) groups excluding carboxylic acids is 2. The highest BCUT2D eigenvalue weighted by Crippen LogP contribution is 2.45. The predicted octanol–water partition coefficient (Wildman–Crippen LogP) is 3.34. The Morgan fingerprint density at radius 1 is 1.00 bits per heavy atom. The van der Waals surface area contributed by atoms with Crippen molar-refractivity contribution in [2.24, 2.45) is 0 Å². The molecule has 0 spiro atoms. The molecule has 6 rings (SSSR count). The van der Waals surface area contributed by atoms with Gasteiger partial charge in [0.05, 0.1) is 41.3 Å². The van der Waals surface area contributed by atoms with Crippen LogP contribution in [0.15, 0.2) is 18.2 Å². The van der Waals surface area contributed by atoms with E-state index in [1.807, 2.05) is 18.2 Å². The van der Waals surface area contributed by atoms with Crippen molar-refractivity contribution >= 4 is 56.5 Å². The molecule has 3 heterocycles. The summed E-state index contributed by atoms with van der Waals surface area (Å²) in [4.78, 5) is 34.5. The lowest BCUT2D eigenvalue weighted by Crippen LogP contribution is -2.48. The van der Waals surface area contributed by atoms with Gasteiger partial charge in [0.2, 0.25) is 0 Å². The molecule has 2 amide bonds. The zero-order valence-electron chi connectivity index (χ0n) is 17.3. The third-order valence-corrected chi connectivity index (χ3v) is 7.87. The first kappa shape index (κ1) is 19.5. The second-order valence-electron chi connectivity index (χ2n) is 8.53. The Balaban J connectivity index is 1.55. The number of aromatic amines is 1. The summed E-state index contributed by atoms with van der Waals surface area (Å²) in [5.74, 6) is 0.408. The number of halogens is 1. The SMILES string of the molecule is COc1cccc2[nH]c3c4c(c5c(c3c12)C(=O)N(CN1CCN(I)CC1)C5=O)CCC4. The van der Waals surface area contributed by atoms with Crippen molar-refractivity contribution in [3.8, 4) is 5.75 Å². The molecule has 0 saturated carbocycles. The smallest absolute Gasteiger partial charge is 0.263 e. The van der Waals surface area contributed by atoms with E-state index >= 15 is 0 Å². The van der Waals surface area contributed by atoms with Gasteiger partial charge in [0.1, 0.15) is 5.75 Å². The number of aromatic nitrogens is 1. The molecule has 31 heavy (non-hydrogen) atoms. The first-order valence-electron chi connectivity index (χ1n) is 10.7. The summed E-state index contributed by atoms with van der Waals surface area (Å²) in [6, 6.07) is 5.87. The molecule has 2 aromatic carbocycles. The molecule has 1 aromatic heterocycles. The van der Waals surface area contributed by atoms with Crippen LogP contribution in [0.2, 0.25) is 0 Å². The number of H-pyrrole nitrogens is 1. The van der Waals surface area contributed by atoms with Gasteiger partial charge < -0.3 is 9.72 Å². The number of piperazine rings is 1. The number of hydrogen-bond acceptors (Lipinski definition) is 5. The molecule has 3 aromatic rings. The standard InChI is InChI=1S/C23H23IN4O3/c1-31-16-7-3-6-15-18(16)19-20-17(13-4-2-5-14(13)21(19)25-15)22(29)28(23(20)30)12-26-8-10-27(24)11-9-26/h3,6-7,25H,2,4-5,8-12H2,1H3. The molecular weight excluding hydrogens is 507 g/mol. The van der Waals surface area contributed by atoms with Crippen LogP contribution >= 0.6 is 22.9 Å². The van der Waals surface area contributed by atoms with Gasteiger partial charge >= 0.3 is 0 Å². The number of hydrogen-bond donors (Lipinski definition) is 1. The number of nitrogens with zero attached hydrogens (tertiary/aromatic N) is 3. The maximum absolute atomic E-state index is 13.7. The van der Waals surface area contributed by atoms with Crippen LogP contribution in [-0.2, 0) is 12.8 Å². The molecule has 1 fully saturated rings. The number of amides is 2. The zero-order valence-corrected chi connectivity index (χ0v) is 19.5. The summed E-state index contributed by atoms with van der Waals surface area (Å²) >= 11 is 2.33. The molecule has 0 bridgehead atoms. The Morgan fingerprint density at radius 3 is 2.52 bits per heavy atom. The van der Waals surface area contributed by atoms with Crippen molar-refractivity contribution in [2.45, 2.75) is 19.3 Å². The van der Waals surface area contributed by atoms with Crippen LogP contribution in [0.25, 0.3) is 21.8 Å². The summed E-state index contributed by atoms with van der Waals surface area (Å²) in [6.45, 7) is 3.92. The van der Waals surface area contributed by atoms with E-state index in [1.165, 1.54) is 10.5 Å². The highest BCUT2D eigenvalue weighted by molar-refractivity contribution is 14.1. The van der Waals surface area contributed by atoms with Gasteiger partial charge in [-0.05, 0) is 42.5 Å². The van der Waals surface area contributed by atoms with Crippen molar-refractivity contribution in [1.82, 2.24) is 17.9 Å². The summed E-state index contributed by atoms with van der Waals surface area (Å²) < 4.78 is 7.89. The molecule has 2 aliphatic heterocycles. The van der Waals surface area contributed by atoms with Gasteiger partial charge in [-0.1, -0.05) is 6.07 Å². The van der Waals surface area contributed by atoms with Gasteiger partial charge in [0.25, 0.3) is 11.8 Å². The van der Waals surface area contributed by atoms with Gasteiger partial charge in [-0.15, -0.1) is 0 Å². The normalized spacial score (nSPS) is 19.6. The molecule has 0 unspecified atom stereocenters. The number of aryl methyl sites for hydroxylation is 1. The second kappa shape index (κ2) is 7.18. The third-order valence-electron chi connectivity index (χ3n) is 6.90. The summed E-state index contributed by atoms with van der Waals surface area (Å²) in [6.07, 6.45) is 2.78. The van der Waals surface area contributed by atoms with E-state index in [9.17, 15) is 9.59 Å². The zero-order chi connectivity index (χ0) is 21.3. The third kappa shape index (κ3) is 2.77. The molecule has 1 saturated heterocycles. The maximum atomic E-state index is 13.7. The Bertz CT molecular complexity index is 1260. The Hall–Kier alpha value is -2.17. The number of fused-ring (bicyclic) bond motifs is 8. The molecule has 0 atom stereocenters. The first-order valence-corrected chi connectivity index (χ1v) is 11.7. The van der Waals surface area contributed by atoms with Gasteiger partial charge in [-0.25, -0.2) is 3.11 Å². The highest BCUT2D eigenvalue weighted by atomic mass is 127. The number of ether oxygens (including phenoxy) is 1. The van der Waals surface area contributed by atoms with Crippen molar-refractivity contribution in [3.63, 3.8) is 0 Å². The largest absolute Gasteiger partial charge is 0.496 e. The number of rotatable bonds is 3. The highest BCUT2D eigenvalue weighted by Gasteiger charge is 2.43. The number of methoxy groups -OCH3 is 1. The van der Waals surface area contributed by atoms with E-state index in [0.29, 0.717) is 17.8 Å². The van der Waals surface area contributed by atoms with E-state index in [0.717, 1.165) is 78.6 Å². The number of benzene rings is 2. The van der Waals surface area contributed by atoms with Crippen LogP contribution in [0.1, 0.15) is 38.3 Å². The Morgan fingerprint density at radius 2 is 1.74 bits per heavy atom. The van der Waals surface area contributed by atoms with Crippen LogP contribution in [-0.4, -0.2) is 69.7 Å². The number of carbonyl (C=O) groups is 2. The van der Waals surface area contributed by atoms with E-state index in [4.69, 9.17) is 4.74 Å². The van der Waals surface area contributed by atoms with E-state index < -0.39 is 0 Å². The van der Waals surface area contributed by atoms with Crippen LogP contribution < -0.4 is 4.74 Å². The van der Waals surface area contributed by atoms with Crippen LogP contribution in [0.3, 0.4) is 0 Å². The topological polar surface area (TPSA) is 68.9 Å². The lowest BCUT2D eigenvalue weighted by molar-refractivity contribution is 0.0510. The molecule has 8 heteroatoms. The fraction of sp³-hybridized carbons (Fsp3) is 0.391. The lowest BCUT2D eigenvalue weighted by atomic mass is 9.93. The van der Waals surface area contributed by atoms with Gasteiger partial charge in [-0.2, -0.15) is 0 Å². The molecule has 160 valence electrons. The number of nitrogens with one attached hydrogen (secondary N) is 1. The van der Waals surface area contributed by atoms with E-state index in [-0.39, 0.29) is 11.8 Å². The average Bonchev–Trinajstić information content (AvgIpc) is 3.46. The minimum Gasteiger partial charge on any atom is -0.496 e. The maximum Gasteiger partial charge on any atom is 0.263 e. The lowest BCUT2D eigenvalue weighted by Gasteiger charge is -2.33. The molecular formula is C23H23IN4O3. The molecule has 0 radical (unpaired) electrons.